The number of nitrogens with two attached hydrogens (primary N) is 2. The number of carbonyl (C=O) groups is 6. The van der Waals surface area contributed by atoms with E-state index in [9.17, 15) is 33.9 Å². The predicted molar refractivity (Wildman–Crippen MR) is 276 cm³/mol. The second kappa shape index (κ2) is 24.0. The molecule has 0 unspecified atom stereocenters. The Morgan fingerprint density at radius 1 is 0.930 bits per heavy atom. The molecule has 16 nitrogen and oxygen atoms in total. The molecule has 0 bridgehead atoms. The van der Waals surface area contributed by atoms with Crippen molar-refractivity contribution in [3.05, 3.63) is 100 Å². The molecule has 6 amide bonds. The molecule has 0 radical (unpaired) electrons. The van der Waals surface area contributed by atoms with E-state index in [1.807, 2.05) is 107 Å². The van der Waals surface area contributed by atoms with Crippen LogP contribution in [0.4, 0.5) is 5.69 Å². The van der Waals surface area contributed by atoms with Crippen molar-refractivity contribution in [3.8, 4) is 16.2 Å². The van der Waals surface area contributed by atoms with Crippen LogP contribution in [0.3, 0.4) is 0 Å². The highest BCUT2D eigenvalue weighted by molar-refractivity contribution is 7.13. The number of anilines is 1. The number of benzene rings is 3. The monoisotopic (exact) mass is 1010 g/mol. The van der Waals surface area contributed by atoms with Gasteiger partial charge in [-0.3, -0.25) is 33.7 Å². The number of β-amino-alcohol motifs (C(OH)–C–C–N with tert-alkyl or cyclic N) is 1. The van der Waals surface area contributed by atoms with Gasteiger partial charge in [0.1, 0.15) is 30.0 Å². The number of para-hydroxylation sites is 1. The van der Waals surface area contributed by atoms with E-state index in [1.54, 1.807) is 16.2 Å². The largest absolute Gasteiger partial charge is 0.489 e. The van der Waals surface area contributed by atoms with Gasteiger partial charge < -0.3 is 42.2 Å². The van der Waals surface area contributed by atoms with E-state index in [0.717, 1.165) is 56.9 Å². The highest BCUT2D eigenvalue weighted by Crippen LogP contribution is 2.39. The number of primary amides is 1. The lowest BCUT2D eigenvalue weighted by Gasteiger charge is -2.35. The molecular weight excluding hydrogens is 944 g/mol. The molecule has 7 atom stereocenters. The molecule has 4 aromatic rings. The van der Waals surface area contributed by atoms with E-state index in [1.165, 1.54) is 4.90 Å². The van der Waals surface area contributed by atoms with Crippen molar-refractivity contribution in [1.82, 2.24) is 25.8 Å². The summed E-state index contributed by atoms with van der Waals surface area (Å²) in [5.41, 5.74) is 19.5. The number of carbonyl (C=O) groups excluding carboxylic acids is 6. The normalized spacial score (nSPS) is 19.7. The topological polar surface area (TPSA) is 239 Å². The molecule has 3 aromatic carbocycles. The zero-order valence-corrected chi connectivity index (χ0v) is 42.9. The van der Waals surface area contributed by atoms with Gasteiger partial charge in [0.25, 0.3) is 0 Å². The number of aromatic nitrogens is 1. The summed E-state index contributed by atoms with van der Waals surface area (Å²) in [5, 5.41) is 19.6. The summed E-state index contributed by atoms with van der Waals surface area (Å²) in [5.74, 6) is -1.58. The predicted octanol–water partition coefficient (Wildman–Crippen LogP) is 5.20. The van der Waals surface area contributed by atoms with E-state index in [4.69, 9.17) is 16.2 Å². The maximum atomic E-state index is 14.1. The lowest BCUT2D eigenvalue weighted by atomic mass is 9.85. The van der Waals surface area contributed by atoms with Gasteiger partial charge in [0.15, 0.2) is 0 Å². The molecule has 4 heterocycles. The number of unbranched alkanes of at least 4 members (excludes halogenated alkanes) is 2. The number of halogens is 1. The number of hydrogen-bond acceptors (Lipinski definition) is 11. The quantitative estimate of drug-likeness (QED) is 0.0633. The lowest BCUT2D eigenvalue weighted by molar-refractivity contribution is -0.144. The van der Waals surface area contributed by atoms with Crippen LogP contribution in [0, 0.1) is 12.3 Å². The zero-order chi connectivity index (χ0) is 50.3. The molecule has 8 N–H and O–H groups in total. The van der Waals surface area contributed by atoms with Crippen molar-refractivity contribution in [2.45, 2.75) is 154 Å². The number of aliphatic hydroxyl groups is 1. The molecule has 7 rings (SSSR count). The number of aliphatic hydroxyl groups excluding tert-OH is 1. The fraction of sp³-hybridized carbons (Fsp3) is 0.491. The molecule has 1 saturated heterocycles. The first-order valence-electron chi connectivity index (χ1n) is 24.5. The van der Waals surface area contributed by atoms with Gasteiger partial charge in [-0.1, -0.05) is 81.8 Å². The number of rotatable bonds is 20. The van der Waals surface area contributed by atoms with Crippen LogP contribution in [-0.2, 0) is 54.6 Å². The summed E-state index contributed by atoms with van der Waals surface area (Å²) in [7, 11) is 0. The van der Waals surface area contributed by atoms with E-state index in [-0.39, 0.29) is 74.8 Å². The molecule has 1 fully saturated rings. The van der Waals surface area contributed by atoms with Crippen molar-refractivity contribution in [2.75, 3.05) is 11.4 Å². The second-order valence-electron chi connectivity index (χ2n) is 20.1. The van der Waals surface area contributed by atoms with Crippen LogP contribution in [0.5, 0.6) is 5.75 Å². The molecule has 1 aromatic heterocycles. The minimum absolute atomic E-state index is 0. The summed E-state index contributed by atoms with van der Waals surface area (Å²) >= 11 is 1.57. The van der Waals surface area contributed by atoms with Crippen molar-refractivity contribution in [3.63, 3.8) is 0 Å². The Bertz CT molecular complexity index is 2550. The van der Waals surface area contributed by atoms with Gasteiger partial charge >= 0.3 is 0 Å². The third-order valence-electron chi connectivity index (χ3n) is 13.6. The fourth-order valence-electron chi connectivity index (χ4n) is 9.74. The first-order valence-corrected chi connectivity index (χ1v) is 25.3. The number of likely N-dealkylation sites (tertiary alicyclic amines) is 1. The number of hydrogen-bond donors (Lipinski definition) is 6. The Labute approximate surface area is 426 Å². The summed E-state index contributed by atoms with van der Waals surface area (Å²) in [4.78, 5) is 88.8. The molecule has 3 aliphatic rings. The van der Waals surface area contributed by atoms with Crippen molar-refractivity contribution >= 4 is 64.9 Å². The van der Waals surface area contributed by atoms with Crippen LogP contribution >= 0.6 is 23.7 Å². The van der Waals surface area contributed by atoms with Gasteiger partial charge in [0.05, 0.1) is 40.0 Å². The molecule has 0 saturated carbocycles. The van der Waals surface area contributed by atoms with Gasteiger partial charge in [-0.05, 0) is 97.7 Å². The zero-order valence-electron chi connectivity index (χ0n) is 41.3. The minimum Gasteiger partial charge on any atom is -0.489 e. The van der Waals surface area contributed by atoms with Gasteiger partial charge in [-0.2, -0.15) is 0 Å². The van der Waals surface area contributed by atoms with Gasteiger partial charge in [0, 0.05) is 38.8 Å². The summed E-state index contributed by atoms with van der Waals surface area (Å²) < 4.78 is 6.38. The average Bonchev–Trinajstić information content (AvgIpc) is 4.04. The highest BCUT2D eigenvalue weighted by Gasteiger charge is 2.45. The number of aryl methyl sites for hydroxylation is 3. The Kier molecular flexibility index (Phi) is 18.4. The summed E-state index contributed by atoms with van der Waals surface area (Å²) in [6, 6.07) is 17.5. The molecule has 0 aliphatic carbocycles. The van der Waals surface area contributed by atoms with Crippen LogP contribution in [0.2, 0.25) is 0 Å². The Hall–Kier alpha value is -5.88. The Morgan fingerprint density at radius 3 is 2.37 bits per heavy atom. The van der Waals surface area contributed by atoms with Crippen LogP contribution in [0.25, 0.3) is 10.4 Å². The standard InChI is InChI=1S/C53H68N8O8S.ClH/c1-31-47(70-30-57-31)36-19-17-34(18-20-36)28-56-49(65)42-27-38(62)29-60(42)52(68)48(53(3,4)5)59-45(64)16-8-6-7-11-33-12-9-15-39(25-33)69-32(2)41(23-24-44(55)63)58-50(66)43-26-37-14-10-13-35-21-22-40(54)51(67)61(43)46(35)37;/h9-10,12-15,17-20,25,30,32,38,40-43,48,62H,6-8,11,16,21-24,26-29,54H2,1-5H3,(H2,55,63)(H,56,65)(H,58,66)(H,59,64);1H/t32-,38-,40+,41+,42+,43+,48-;/m1./s1. The summed E-state index contributed by atoms with van der Waals surface area (Å²) in [6.45, 7) is 9.64. The van der Waals surface area contributed by atoms with Crippen molar-refractivity contribution in [1.29, 1.82) is 0 Å². The van der Waals surface area contributed by atoms with Crippen LogP contribution in [-0.4, -0.2) is 99.4 Å². The van der Waals surface area contributed by atoms with Crippen LogP contribution in [0.15, 0.2) is 72.2 Å². The Morgan fingerprint density at radius 2 is 1.66 bits per heavy atom. The van der Waals surface area contributed by atoms with Crippen molar-refractivity contribution in [2.24, 2.45) is 16.9 Å². The minimum atomic E-state index is -0.914. The number of nitrogens with zero attached hydrogens (tertiary/aromatic N) is 3. The van der Waals surface area contributed by atoms with Crippen LogP contribution in [0.1, 0.15) is 107 Å². The maximum Gasteiger partial charge on any atom is 0.246 e. The number of nitrogens with one attached hydrogen (secondary N) is 3. The highest BCUT2D eigenvalue weighted by atomic mass is 35.5. The third kappa shape index (κ3) is 13.6. The first kappa shape index (κ1) is 54.5. The molecule has 18 heteroatoms. The third-order valence-corrected chi connectivity index (χ3v) is 14.6. The van der Waals surface area contributed by atoms with Gasteiger partial charge in [-0.15, -0.1) is 23.7 Å². The fourth-order valence-corrected chi connectivity index (χ4v) is 10.6. The number of thiazole rings is 1. The average molecular weight is 1010 g/mol. The number of ether oxygens (including phenoxy) is 1. The van der Waals surface area contributed by atoms with Crippen molar-refractivity contribution < 1.29 is 38.6 Å². The summed E-state index contributed by atoms with van der Waals surface area (Å²) in [6.07, 6.45) is 3.48. The van der Waals surface area contributed by atoms with Crippen LogP contribution < -0.4 is 37.1 Å². The molecular formula is C53H69ClN8O8S. The first-order chi connectivity index (χ1) is 33.4. The maximum absolute atomic E-state index is 14.1. The Balaban J connectivity index is 0.00000825. The molecule has 0 spiro atoms. The van der Waals surface area contributed by atoms with E-state index in [2.05, 4.69) is 20.9 Å². The lowest BCUT2D eigenvalue weighted by Crippen LogP contribution is -2.57. The molecule has 71 heavy (non-hydrogen) atoms. The van der Waals surface area contributed by atoms with Gasteiger partial charge in [0.2, 0.25) is 35.4 Å². The van der Waals surface area contributed by atoms with Gasteiger partial charge in [-0.25, -0.2) is 4.98 Å². The smallest absolute Gasteiger partial charge is 0.246 e. The molecule has 382 valence electrons. The molecule has 3 aliphatic heterocycles. The van der Waals surface area contributed by atoms with E-state index >= 15 is 0 Å². The van der Waals surface area contributed by atoms with E-state index < -0.39 is 59.6 Å². The van der Waals surface area contributed by atoms with E-state index in [0.29, 0.717) is 37.9 Å². The second-order valence-corrected chi connectivity index (χ2v) is 20.9. The SMILES string of the molecule is Cc1ncsc1-c1ccc(CNC(=O)[C@@H]2C[C@@H](O)CN2C(=O)[C@@H](NC(=O)CCCCCc2cccc(O[C@H](C)[C@H](CCC(N)=O)NC(=O)[C@@H]3Cc4cccc5c4N3C(=O)[C@@H](N)CC5)c2)C(C)(C)C)cc1.Cl. The number of amides is 6.